The van der Waals surface area contributed by atoms with E-state index in [-0.39, 0.29) is 0 Å². The molecule has 0 amide bonds. The molecular weight excluding hydrogens is 234 g/mol. The maximum absolute atomic E-state index is 5.48. The third-order valence-electron chi connectivity index (χ3n) is 4.16. The molecule has 0 aromatic rings. The van der Waals surface area contributed by atoms with Crippen LogP contribution in [0.4, 0.5) is 0 Å². The van der Waals surface area contributed by atoms with Crippen molar-refractivity contribution >= 4 is 17.3 Å². The van der Waals surface area contributed by atoms with E-state index < -0.39 is 0 Å². The molecule has 0 bridgehead atoms. The first-order valence-corrected chi connectivity index (χ1v) is 7.12. The Kier molecular flexibility index (Phi) is 3.49. The number of hydrogen-bond donors (Lipinski definition) is 1. The predicted molar refractivity (Wildman–Crippen MR) is 70.9 cm³/mol. The van der Waals surface area contributed by atoms with Gasteiger partial charge in [-0.1, -0.05) is 12.8 Å². The summed E-state index contributed by atoms with van der Waals surface area (Å²) < 4.78 is 5.39. The summed E-state index contributed by atoms with van der Waals surface area (Å²) in [5.41, 5.74) is 0. The molecule has 2 saturated heterocycles. The van der Waals surface area contributed by atoms with E-state index in [4.69, 9.17) is 17.0 Å². The lowest BCUT2D eigenvalue weighted by molar-refractivity contribution is 0.0159. The molecule has 3 aliphatic rings. The van der Waals surface area contributed by atoms with Crippen molar-refractivity contribution in [3.63, 3.8) is 0 Å². The van der Waals surface area contributed by atoms with Crippen LogP contribution in [0.1, 0.15) is 25.7 Å². The van der Waals surface area contributed by atoms with Crippen LogP contribution in [0.2, 0.25) is 0 Å². The number of nitrogens with zero attached hydrogens (tertiary/aromatic N) is 2. The molecule has 1 aliphatic carbocycles. The highest BCUT2D eigenvalue weighted by Gasteiger charge is 2.38. The third kappa shape index (κ3) is 2.41. The molecule has 1 saturated carbocycles. The van der Waals surface area contributed by atoms with Crippen LogP contribution in [-0.2, 0) is 4.74 Å². The second-order valence-electron chi connectivity index (χ2n) is 5.25. The van der Waals surface area contributed by atoms with E-state index >= 15 is 0 Å². The van der Waals surface area contributed by atoms with Gasteiger partial charge >= 0.3 is 0 Å². The Morgan fingerprint density at radius 1 is 1.24 bits per heavy atom. The van der Waals surface area contributed by atoms with Gasteiger partial charge in [-0.3, -0.25) is 4.90 Å². The van der Waals surface area contributed by atoms with Crippen LogP contribution in [0, 0.1) is 0 Å². The average molecular weight is 255 g/mol. The summed E-state index contributed by atoms with van der Waals surface area (Å²) in [6.45, 7) is 4.79. The smallest absolute Gasteiger partial charge is 0.170 e. The predicted octanol–water partition coefficient (Wildman–Crippen LogP) is 0.777. The molecule has 96 valence electrons. The van der Waals surface area contributed by atoms with Gasteiger partial charge in [-0.2, -0.15) is 0 Å². The van der Waals surface area contributed by atoms with Gasteiger partial charge in [-0.15, -0.1) is 0 Å². The highest BCUT2D eigenvalue weighted by Crippen LogP contribution is 2.28. The fourth-order valence-corrected chi connectivity index (χ4v) is 3.52. The van der Waals surface area contributed by atoms with Gasteiger partial charge in [0.1, 0.15) is 0 Å². The third-order valence-corrected chi connectivity index (χ3v) is 4.51. The number of hydrogen-bond acceptors (Lipinski definition) is 3. The van der Waals surface area contributed by atoms with Crippen molar-refractivity contribution in [1.82, 2.24) is 15.1 Å². The molecule has 3 fully saturated rings. The largest absolute Gasteiger partial charge is 0.379 e. The minimum Gasteiger partial charge on any atom is -0.379 e. The highest BCUT2D eigenvalue weighted by atomic mass is 32.1. The van der Waals surface area contributed by atoms with E-state index in [9.17, 15) is 0 Å². The minimum atomic E-state index is 0.609. The van der Waals surface area contributed by atoms with Crippen molar-refractivity contribution in [3.05, 3.63) is 0 Å². The van der Waals surface area contributed by atoms with Crippen LogP contribution in [0.25, 0.3) is 0 Å². The van der Waals surface area contributed by atoms with Crippen LogP contribution in [-0.4, -0.2) is 60.0 Å². The first kappa shape index (κ1) is 11.7. The molecule has 0 aromatic carbocycles. The van der Waals surface area contributed by atoms with E-state index in [0.29, 0.717) is 12.1 Å². The van der Waals surface area contributed by atoms with Crippen molar-refractivity contribution in [2.24, 2.45) is 0 Å². The summed E-state index contributed by atoms with van der Waals surface area (Å²) in [7, 11) is 0. The molecule has 3 rings (SSSR count). The molecule has 0 spiro atoms. The van der Waals surface area contributed by atoms with Gasteiger partial charge in [0.25, 0.3) is 0 Å². The van der Waals surface area contributed by atoms with Gasteiger partial charge in [-0.05, 0) is 25.1 Å². The monoisotopic (exact) mass is 255 g/mol. The number of morpholine rings is 1. The molecule has 5 heteroatoms. The number of rotatable bonds is 2. The zero-order valence-electron chi connectivity index (χ0n) is 10.2. The van der Waals surface area contributed by atoms with Crippen molar-refractivity contribution < 1.29 is 4.74 Å². The summed E-state index contributed by atoms with van der Waals surface area (Å²) >= 11 is 5.48. The van der Waals surface area contributed by atoms with E-state index in [1.54, 1.807) is 0 Å². The van der Waals surface area contributed by atoms with E-state index in [0.717, 1.165) is 38.1 Å². The summed E-state index contributed by atoms with van der Waals surface area (Å²) in [6.07, 6.45) is 5.28. The standard InChI is InChI=1S/C12H21N3OS/c17-12-13-10-3-1-2-4-11(10)15(12)9-14-5-7-16-8-6-14/h10-11H,1-9H2,(H,13,17). The lowest BCUT2D eigenvalue weighted by Gasteiger charge is -2.36. The average Bonchev–Trinajstić information content (AvgIpc) is 2.68. The van der Waals surface area contributed by atoms with E-state index in [1.807, 2.05) is 0 Å². The Bertz CT molecular complexity index is 293. The van der Waals surface area contributed by atoms with Gasteiger partial charge in [0, 0.05) is 19.1 Å². The van der Waals surface area contributed by atoms with Crippen molar-refractivity contribution in [2.45, 2.75) is 37.8 Å². The number of thiocarbonyl (C=S) groups is 1. The maximum atomic E-state index is 5.48. The number of fused-ring (bicyclic) bond motifs is 1. The van der Waals surface area contributed by atoms with Crippen molar-refractivity contribution in [2.75, 3.05) is 33.0 Å². The lowest BCUT2D eigenvalue weighted by atomic mass is 9.91. The summed E-state index contributed by atoms with van der Waals surface area (Å²) in [5.74, 6) is 0. The topological polar surface area (TPSA) is 27.7 Å². The van der Waals surface area contributed by atoms with Gasteiger partial charge in [0.05, 0.1) is 25.9 Å². The summed E-state index contributed by atoms with van der Waals surface area (Å²) in [6, 6.07) is 1.25. The van der Waals surface area contributed by atoms with Crippen LogP contribution in [0.5, 0.6) is 0 Å². The Balaban J connectivity index is 1.62. The van der Waals surface area contributed by atoms with Gasteiger partial charge in [0.15, 0.2) is 5.11 Å². The van der Waals surface area contributed by atoms with Crippen LogP contribution >= 0.6 is 12.2 Å². The molecule has 2 heterocycles. The Hall–Kier alpha value is -0.390. The Labute approximate surface area is 108 Å². The molecular formula is C12H21N3OS. The molecule has 2 unspecified atom stereocenters. The second-order valence-corrected chi connectivity index (χ2v) is 5.64. The van der Waals surface area contributed by atoms with Crippen LogP contribution < -0.4 is 5.32 Å². The molecule has 1 N–H and O–H groups in total. The molecule has 0 radical (unpaired) electrons. The zero-order valence-corrected chi connectivity index (χ0v) is 11.0. The van der Waals surface area contributed by atoms with Gasteiger partial charge in [0.2, 0.25) is 0 Å². The van der Waals surface area contributed by atoms with E-state index in [1.165, 1.54) is 25.7 Å². The van der Waals surface area contributed by atoms with Gasteiger partial charge in [-0.25, -0.2) is 0 Å². The quantitative estimate of drug-likeness (QED) is 0.736. The Morgan fingerprint density at radius 3 is 2.82 bits per heavy atom. The second kappa shape index (κ2) is 5.08. The van der Waals surface area contributed by atoms with Crippen LogP contribution in [0.15, 0.2) is 0 Å². The molecule has 4 nitrogen and oxygen atoms in total. The number of ether oxygens (including phenoxy) is 1. The summed E-state index contributed by atoms with van der Waals surface area (Å²) in [5, 5.41) is 4.46. The summed E-state index contributed by atoms with van der Waals surface area (Å²) in [4.78, 5) is 4.86. The molecule has 2 aliphatic heterocycles. The number of nitrogens with one attached hydrogen (secondary N) is 1. The molecule has 17 heavy (non-hydrogen) atoms. The highest BCUT2D eigenvalue weighted by molar-refractivity contribution is 7.80. The lowest BCUT2D eigenvalue weighted by Crippen LogP contribution is -2.48. The SMILES string of the molecule is S=C1NC2CCCCC2N1CN1CCOCC1. The van der Waals surface area contributed by atoms with Crippen molar-refractivity contribution in [3.8, 4) is 0 Å². The first-order valence-electron chi connectivity index (χ1n) is 6.72. The van der Waals surface area contributed by atoms with Gasteiger partial charge < -0.3 is 15.0 Å². The van der Waals surface area contributed by atoms with Crippen LogP contribution in [0.3, 0.4) is 0 Å². The molecule has 0 aromatic heterocycles. The fraction of sp³-hybridized carbons (Fsp3) is 0.917. The fourth-order valence-electron chi connectivity index (χ4n) is 3.17. The van der Waals surface area contributed by atoms with Crippen molar-refractivity contribution in [1.29, 1.82) is 0 Å². The maximum Gasteiger partial charge on any atom is 0.170 e. The molecule has 2 atom stereocenters. The van der Waals surface area contributed by atoms with E-state index in [2.05, 4.69) is 15.1 Å². The zero-order chi connectivity index (χ0) is 11.7. The first-order chi connectivity index (χ1) is 8.34. The minimum absolute atomic E-state index is 0.609. The Morgan fingerprint density at radius 2 is 2.00 bits per heavy atom. The normalized spacial score (nSPS) is 34.6.